The second kappa shape index (κ2) is 8.74. The Morgan fingerprint density at radius 1 is 1.38 bits per heavy atom. The molecule has 118 valence electrons. The predicted octanol–water partition coefficient (Wildman–Crippen LogP) is 2.60. The van der Waals surface area contributed by atoms with Gasteiger partial charge in [0.2, 0.25) is 0 Å². The number of ether oxygens (including phenoxy) is 1. The first-order chi connectivity index (χ1) is 10.1. The molecule has 0 heterocycles. The number of hydrogen-bond acceptors (Lipinski definition) is 4. The molecule has 0 atom stereocenters. The highest BCUT2D eigenvalue weighted by Crippen LogP contribution is 2.16. The largest absolute Gasteiger partial charge is 0.465 e. The van der Waals surface area contributed by atoms with E-state index < -0.39 is 11.8 Å². The quantitative estimate of drug-likeness (QED) is 0.749. The maximum absolute atomic E-state index is 13.9. The lowest BCUT2D eigenvalue weighted by atomic mass is 10.1. The SMILES string of the molecule is CCC(CC)N(CCO)Cc1ccc(C(=O)OC)c(F)c1. The highest BCUT2D eigenvalue weighted by Gasteiger charge is 2.17. The van der Waals surface area contributed by atoms with Crippen molar-refractivity contribution in [2.75, 3.05) is 20.3 Å². The van der Waals surface area contributed by atoms with E-state index in [1.165, 1.54) is 19.2 Å². The standard InChI is InChI=1S/C16H24FNO3/c1-4-13(5-2)18(8-9-19)11-12-6-7-14(15(17)10-12)16(20)21-3/h6-7,10,13,19H,4-5,8-9,11H2,1-3H3. The van der Waals surface area contributed by atoms with Crippen LogP contribution in [0.2, 0.25) is 0 Å². The van der Waals surface area contributed by atoms with Crippen molar-refractivity contribution >= 4 is 5.97 Å². The Morgan fingerprint density at radius 2 is 2.05 bits per heavy atom. The van der Waals surface area contributed by atoms with Gasteiger partial charge in [-0.1, -0.05) is 19.9 Å². The third kappa shape index (κ3) is 4.79. The number of hydrogen-bond donors (Lipinski definition) is 1. The number of esters is 1. The average Bonchev–Trinajstić information content (AvgIpc) is 2.48. The van der Waals surface area contributed by atoms with Gasteiger partial charge in [0.25, 0.3) is 0 Å². The Kier molecular flexibility index (Phi) is 7.32. The first-order valence-corrected chi connectivity index (χ1v) is 7.28. The van der Waals surface area contributed by atoms with Gasteiger partial charge in [-0.3, -0.25) is 4.90 Å². The van der Waals surface area contributed by atoms with Crippen LogP contribution in [0.3, 0.4) is 0 Å². The van der Waals surface area contributed by atoms with Gasteiger partial charge in [0.05, 0.1) is 19.3 Å². The third-order valence-electron chi connectivity index (χ3n) is 3.67. The van der Waals surface area contributed by atoms with Gasteiger partial charge in [-0.2, -0.15) is 0 Å². The maximum Gasteiger partial charge on any atom is 0.340 e. The van der Waals surface area contributed by atoms with Crippen LogP contribution >= 0.6 is 0 Å². The normalized spacial score (nSPS) is 11.2. The Bertz CT molecular complexity index is 461. The molecule has 0 amide bonds. The molecule has 0 bridgehead atoms. The molecule has 21 heavy (non-hydrogen) atoms. The number of nitrogens with zero attached hydrogens (tertiary/aromatic N) is 1. The lowest BCUT2D eigenvalue weighted by Gasteiger charge is -2.29. The average molecular weight is 297 g/mol. The van der Waals surface area contributed by atoms with E-state index in [9.17, 15) is 14.3 Å². The van der Waals surface area contributed by atoms with Crippen LogP contribution in [0.4, 0.5) is 4.39 Å². The summed E-state index contributed by atoms with van der Waals surface area (Å²) in [5.74, 6) is -1.25. The van der Waals surface area contributed by atoms with E-state index in [1.54, 1.807) is 6.07 Å². The molecule has 0 unspecified atom stereocenters. The number of carbonyl (C=O) groups is 1. The molecule has 1 N–H and O–H groups in total. The Hall–Kier alpha value is -1.46. The van der Waals surface area contributed by atoms with E-state index >= 15 is 0 Å². The van der Waals surface area contributed by atoms with Gasteiger partial charge < -0.3 is 9.84 Å². The lowest BCUT2D eigenvalue weighted by Crippen LogP contribution is -2.36. The van der Waals surface area contributed by atoms with Crippen molar-refractivity contribution in [3.05, 3.63) is 35.1 Å². The summed E-state index contributed by atoms with van der Waals surface area (Å²) >= 11 is 0. The number of methoxy groups -OCH3 is 1. The van der Waals surface area contributed by atoms with Crippen LogP contribution in [0.5, 0.6) is 0 Å². The molecular formula is C16H24FNO3. The number of aliphatic hydroxyl groups is 1. The van der Waals surface area contributed by atoms with Gasteiger partial charge in [0.15, 0.2) is 0 Å². The van der Waals surface area contributed by atoms with Gasteiger partial charge in [-0.15, -0.1) is 0 Å². The molecule has 0 radical (unpaired) electrons. The third-order valence-corrected chi connectivity index (χ3v) is 3.67. The molecular weight excluding hydrogens is 273 g/mol. The molecule has 4 nitrogen and oxygen atoms in total. The Morgan fingerprint density at radius 3 is 2.52 bits per heavy atom. The topological polar surface area (TPSA) is 49.8 Å². The van der Waals surface area contributed by atoms with Crippen molar-refractivity contribution in [1.82, 2.24) is 4.90 Å². The van der Waals surface area contributed by atoms with Gasteiger partial charge in [-0.05, 0) is 30.5 Å². The molecule has 0 aliphatic rings. The molecule has 0 saturated heterocycles. The fourth-order valence-corrected chi connectivity index (χ4v) is 2.49. The lowest BCUT2D eigenvalue weighted by molar-refractivity contribution is 0.0595. The molecule has 0 aromatic heterocycles. The molecule has 0 saturated carbocycles. The van der Waals surface area contributed by atoms with E-state index in [1.807, 2.05) is 0 Å². The fraction of sp³-hybridized carbons (Fsp3) is 0.562. The summed E-state index contributed by atoms with van der Waals surface area (Å²) in [4.78, 5) is 13.5. The number of rotatable bonds is 8. The van der Waals surface area contributed by atoms with Gasteiger partial charge in [-0.25, -0.2) is 9.18 Å². The zero-order valence-electron chi connectivity index (χ0n) is 12.9. The second-order valence-electron chi connectivity index (χ2n) is 4.97. The number of halogens is 1. The van der Waals surface area contributed by atoms with E-state index in [0.717, 1.165) is 18.4 Å². The predicted molar refractivity (Wildman–Crippen MR) is 79.6 cm³/mol. The summed E-state index contributed by atoms with van der Waals surface area (Å²) in [6.45, 7) is 5.36. The zero-order chi connectivity index (χ0) is 15.8. The minimum atomic E-state index is -0.675. The summed E-state index contributed by atoms with van der Waals surface area (Å²) in [6, 6.07) is 4.88. The summed E-state index contributed by atoms with van der Waals surface area (Å²) in [7, 11) is 1.23. The number of aliphatic hydroxyl groups excluding tert-OH is 1. The highest BCUT2D eigenvalue weighted by molar-refractivity contribution is 5.89. The second-order valence-corrected chi connectivity index (χ2v) is 4.97. The first-order valence-electron chi connectivity index (χ1n) is 7.28. The molecule has 0 aliphatic heterocycles. The van der Waals surface area contributed by atoms with Crippen molar-refractivity contribution in [2.24, 2.45) is 0 Å². The Labute approximate surface area is 125 Å². The van der Waals surface area contributed by atoms with E-state index in [2.05, 4.69) is 23.5 Å². The van der Waals surface area contributed by atoms with E-state index in [0.29, 0.717) is 19.1 Å². The molecule has 0 aliphatic carbocycles. The molecule has 5 heteroatoms. The minimum absolute atomic E-state index is 0.0579. The van der Waals surface area contributed by atoms with Crippen molar-refractivity contribution in [1.29, 1.82) is 0 Å². The number of benzene rings is 1. The summed E-state index contributed by atoms with van der Waals surface area (Å²) < 4.78 is 18.4. The monoisotopic (exact) mass is 297 g/mol. The van der Waals surface area contributed by atoms with E-state index in [4.69, 9.17) is 0 Å². The fourth-order valence-electron chi connectivity index (χ4n) is 2.49. The molecule has 1 aromatic rings. The minimum Gasteiger partial charge on any atom is -0.465 e. The Balaban J connectivity index is 2.89. The van der Waals surface area contributed by atoms with Crippen LogP contribution in [-0.4, -0.2) is 42.3 Å². The van der Waals surface area contributed by atoms with Gasteiger partial charge in [0.1, 0.15) is 5.82 Å². The summed E-state index contributed by atoms with van der Waals surface area (Å²) in [5.41, 5.74) is 0.720. The molecule has 0 spiro atoms. The molecule has 1 aromatic carbocycles. The van der Waals surface area contributed by atoms with Crippen LogP contribution in [0.25, 0.3) is 0 Å². The van der Waals surface area contributed by atoms with Crippen molar-refractivity contribution in [3.63, 3.8) is 0 Å². The summed E-state index contributed by atoms with van der Waals surface area (Å²) in [5, 5.41) is 9.18. The molecule has 0 fully saturated rings. The van der Waals surface area contributed by atoms with Crippen LogP contribution in [0.1, 0.15) is 42.6 Å². The van der Waals surface area contributed by atoms with Gasteiger partial charge in [0, 0.05) is 19.1 Å². The van der Waals surface area contributed by atoms with E-state index in [-0.39, 0.29) is 12.2 Å². The smallest absolute Gasteiger partial charge is 0.340 e. The molecule has 1 rings (SSSR count). The van der Waals surface area contributed by atoms with Gasteiger partial charge >= 0.3 is 5.97 Å². The van der Waals surface area contributed by atoms with Crippen molar-refractivity contribution in [3.8, 4) is 0 Å². The maximum atomic E-state index is 13.9. The van der Waals surface area contributed by atoms with Crippen LogP contribution < -0.4 is 0 Å². The highest BCUT2D eigenvalue weighted by atomic mass is 19.1. The van der Waals surface area contributed by atoms with Crippen LogP contribution in [-0.2, 0) is 11.3 Å². The van der Waals surface area contributed by atoms with Crippen LogP contribution in [0, 0.1) is 5.82 Å². The first kappa shape index (κ1) is 17.6. The number of carbonyl (C=O) groups excluding carboxylic acids is 1. The van der Waals surface area contributed by atoms with Crippen molar-refractivity contribution < 1.29 is 19.0 Å². The van der Waals surface area contributed by atoms with Crippen LogP contribution in [0.15, 0.2) is 18.2 Å². The zero-order valence-corrected chi connectivity index (χ0v) is 12.9. The van der Waals surface area contributed by atoms with Crippen molar-refractivity contribution in [2.45, 2.75) is 39.3 Å². The summed E-state index contributed by atoms with van der Waals surface area (Å²) in [6.07, 6.45) is 1.94.